The normalized spacial score (nSPS) is 13.0. The average molecular weight is 213 g/mol. The summed E-state index contributed by atoms with van der Waals surface area (Å²) in [6.45, 7) is 5.73. The first-order valence-electron chi connectivity index (χ1n) is 5.37. The van der Waals surface area contributed by atoms with Crippen LogP contribution in [0.1, 0.15) is 44.5 Å². The van der Waals surface area contributed by atoms with Crippen molar-refractivity contribution < 1.29 is 9.26 Å². The van der Waals surface area contributed by atoms with Crippen LogP contribution in [0.25, 0.3) is 0 Å². The van der Waals surface area contributed by atoms with Gasteiger partial charge in [-0.25, -0.2) is 0 Å². The van der Waals surface area contributed by atoms with E-state index in [2.05, 4.69) is 22.4 Å². The van der Waals surface area contributed by atoms with Gasteiger partial charge in [-0.15, -0.1) is 0 Å². The van der Waals surface area contributed by atoms with Gasteiger partial charge in [0.15, 0.2) is 0 Å². The SMILES string of the molecule is CCCNCc1nc(C(CC)OC)no1. The molecule has 0 saturated heterocycles. The fraction of sp³-hybridized carbons (Fsp3) is 0.800. The van der Waals surface area contributed by atoms with Crippen LogP contribution in [0.15, 0.2) is 4.52 Å². The maximum Gasteiger partial charge on any atom is 0.240 e. The van der Waals surface area contributed by atoms with Crippen LogP contribution in [0.3, 0.4) is 0 Å². The number of ether oxygens (including phenoxy) is 1. The van der Waals surface area contributed by atoms with E-state index < -0.39 is 0 Å². The molecule has 86 valence electrons. The highest BCUT2D eigenvalue weighted by molar-refractivity contribution is 4.90. The minimum absolute atomic E-state index is 0.0614. The predicted molar refractivity (Wildman–Crippen MR) is 56.3 cm³/mol. The summed E-state index contributed by atoms with van der Waals surface area (Å²) < 4.78 is 10.3. The molecule has 0 radical (unpaired) electrons. The zero-order valence-corrected chi connectivity index (χ0v) is 9.62. The fourth-order valence-electron chi connectivity index (χ4n) is 1.30. The first-order valence-corrected chi connectivity index (χ1v) is 5.37. The van der Waals surface area contributed by atoms with Crippen molar-refractivity contribution in [2.75, 3.05) is 13.7 Å². The summed E-state index contributed by atoms with van der Waals surface area (Å²) in [4.78, 5) is 4.26. The number of nitrogens with zero attached hydrogens (tertiary/aromatic N) is 2. The van der Waals surface area contributed by atoms with E-state index in [1.807, 2.05) is 6.92 Å². The number of rotatable bonds is 7. The molecular formula is C10H19N3O2. The number of hydrogen-bond acceptors (Lipinski definition) is 5. The van der Waals surface area contributed by atoms with Crippen LogP contribution in [0.2, 0.25) is 0 Å². The highest BCUT2D eigenvalue weighted by Crippen LogP contribution is 2.16. The van der Waals surface area contributed by atoms with Crippen LogP contribution in [-0.2, 0) is 11.3 Å². The van der Waals surface area contributed by atoms with Crippen LogP contribution < -0.4 is 5.32 Å². The van der Waals surface area contributed by atoms with E-state index in [1.165, 1.54) is 0 Å². The number of methoxy groups -OCH3 is 1. The van der Waals surface area contributed by atoms with Gasteiger partial charge in [0, 0.05) is 7.11 Å². The van der Waals surface area contributed by atoms with E-state index in [-0.39, 0.29) is 6.10 Å². The van der Waals surface area contributed by atoms with Gasteiger partial charge >= 0.3 is 0 Å². The maximum absolute atomic E-state index is 5.22. The first-order chi connectivity index (χ1) is 7.31. The molecule has 1 aromatic heterocycles. The van der Waals surface area contributed by atoms with E-state index in [0.717, 1.165) is 19.4 Å². The highest BCUT2D eigenvalue weighted by atomic mass is 16.5. The van der Waals surface area contributed by atoms with Gasteiger partial charge in [0.25, 0.3) is 0 Å². The summed E-state index contributed by atoms with van der Waals surface area (Å²) in [5.41, 5.74) is 0. The lowest BCUT2D eigenvalue weighted by molar-refractivity contribution is 0.0903. The molecule has 1 N–H and O–H groups in total. The first kappa shape index (κ1) is 12.1. The van der Waals surface area contributed by atoms with Crippen molar-refractivity contribution in [3.63, 3.8) is 0 Å². The quantitative estimate of drug-likeness (QED) is 0.698. The van der Waals surface area contributed by atoms with Crippen molar-refractivity contribution in [1.29, 1.82) is 0 Å². The van der Waals surface area contributed by atoms with Crippen LogP contribution in [0.4, 0.5) is 0 Å². The zero-order valence-electron chi connectivity index (χ0n) is 9.62. The molecule has 0 spiro atoms. The summed E-state index contributed by atoms with van der Waals surface area (Å²) in [7, 11) is 1.65. The predicted octanol–water partition coefficient (Wildman–Crippen LogP) is 1.67. The summed E-state index contributed by atoms with van der Waals surface area (Å²) in [5, 5.41) is 7.09. The molecule has 1 atom stereocenters. The molecule has 0 aromatic carbocycles. The second-order valence-corrected chi connectivity index (χ2v) is 3.36. The van der Waals surface area contributed by atoms with Gasteiger partial charge in [0.1, 0.15) is 6.10 Å². The Hall–Kier alpha value is -0.940. The van der Waals surface area contributed by atoms with E-state index in [9.17, 15) is 0 Å². The number of aromatic nitrogens is 2. The Morgan fingerprint density at radius 3 is 2.87 bits per heavy atom. The van der Waals surface area contributed by atoms with Crippen molar-refractivity contribution in [3.8, 4) is 0 Å². The Balaban J connectivity index is 2.47. The van der Waals surface area contributed by atoms with Crippen LogP contribution in [0, 0.1) is 0 Å². The minimum Gasteiger partial charge on any atom is -0.373 e. The van der Waals surface area contributed by atoms with E-state index in [4.69, 9.17) is 9.26 Å². The molecule has 0 aliphatic heterocycles. The Morgan fingerprint density at radius 2 is 2.27 bits per heavy atom. The fourth-order valence-corrected chi connectivity index (χ4v) is 1.30. The highest BCUT2D eigenvalue weighted by Gasteiger charge is 2.15. The van der Waals surface area contributed by atoms with Gasteiger partial charge < -0.3 is 14.6 Å². The molecule has 0 aliphatic rings. The molecule has 0 fully saturated rings. The number of nitrogens with one attached hydrogen (secondary N) is 1. The third-order valence-corrected chi connectivity index (χ3v) is 2.13. The Labute approximate surface area is 90.2 Å². The monoisotopic (exact) mass is 213 g/mol. The standard InChI is InChI=1S/C10H19N3O2/c1-4-6-11-7-9-12-10(13-15-9)8(5-2)14-3/h8,11H,4-7H2,1-3H3. The molecule has 1 heterocycles. The average Bonchev–Trinajstić information content (AvgIpc) is 2.69. The molecule has 0 amide bonds. The summed E-state index contributed by atoms with van der Waals surface area (Å²) in [5.74, 6) is 1.25. The third-order valence-electron chi connectivity index (χ3n) is 2.13. The van der Waals surface area contributed by atoms with Crippen LogP contribution in [0.5, 0.6) is 0 Å². The second kappa shape index (κ2) is 6.53. The molecule has 5 nitrogen and oxygen atoms in total. The molecule has 1 rings (SSSR count). The molecular weight excluding hydrogens is 194 g/mol. The van der Waals surface area contributed by atoms with Gasteiger partial charge in [-0.3, -0.25) is 0 Å². The lowest BCUT2D eigenvalue weighted by Crippen LogP contribution is -2.14. The van der Waals surface area contributed by atoms with Gasteiger partial charge in [-0.05, 0) is 19.4 Å². The van der Waals surface area contributed by atoms with Crippen LogP contribution >= 0.6 is 0 Å². The van der Waals surface area contributed by atoms with E-state index in [0.29, 0.717) is 18.3 Å². The van der Waals surface area contributed by atoms with Crippen LogP contribution in [-0.4, -0.2) is 23.8 Å². The molecule has 0 bridgehead atoms. The smallest absolute Gasteiger partial charge is 0.240 e. The van der Waals surface area contributed by atoms with Crippen molar-refractivity contribution >= 4 is 0 Å². The molecule has 5 heteroatoms. The largest absolute Gasteiger partial charge is 0.373 e. The third kappa shape index (κ3) is 3.60. The van der Waals surface area contributed by atoms with Crippen molar-refractivity contribution in [2.24, 2.45) is 0 Å². The topological polar surface area (TPSA) is 60.2 Å². The molecule has 0 saturated carbocycles. The Kier molecular flexibility index (Phi) is 5.28. The summed E-state index contributed by atoms with van der Waals surface area (Å²) >= 11 is 0. The minimum atomic E-state index is -0.0614. The summed E-state index contributed by atoms with van der Waals surface area (Å²) in [6.07, 6.45) is 1.88. The molecule has 0 aliphatic carbocycles. The van der Waals surface area contributed by atoms with Gasteiger partial charge in [0.05, 0.1) is 6.54 Å². The molecule has 1 aromatic rings. The van der Waals surface area contributed by atoms with Crippen molar-refractivity contribution in [2.45, 2.75) is 39.3 Å². The van der Waals surface area contributed by atoms with E-state index >= 15 is 0 Å². The maximum atomic E-state index is 5.22. The van der Waals surface area contributed by atoms with Crippen molar-refractivity contribution in [3.05, 3.63) is 11.7 Å². The Morgan fingerprint density at radius 1 is 1.47 bits per heavy atom. The molecule has 1 unspecified atom stereocenters. The van der Waals surface area contributed by atoms with Gasteiger partial charge in [0.2, 0.25) is 11.7 Å². The zero-order chi connectivity index (χ0) is 11.1. The molecule has 15 heavy (non-hydrogen) atoms. The van der Waals surface area contributed by atoms with Gasteiger partial charge in [-0.2, -0.15) is 4.98 Å². The second-order valence-electron chi connectivity index (χ2n) is 3.36. The number of hydrogen-bond donors (Lipinski definition) is 1. The lowest BCUT2D eigenvalue weighted by atomic mass is 10.3. The van der Waals surface area contributed by atoms with Crippen molar-refractivity contribution in [1.82, 2.24) is 15.5 Å². The Bertz CT molecular complexity index is 271. The van der Waals surface area contributed by atoms with E-state index in [1.54, 1.807) is 7.11 Å². The summed E-state index contributed by atoms with van der Waals surface area (Å²) in [6, 6.07) is 0. The van der Waals surface area contributed by atoms with Gasteiger partial charge in [-0.1, -0.05) is 19.0 Å². The lowest BCUT2D eigenvalue weighted by Gasteiger charge is -2.06.